The molecule has 9 nitrogen and oxygen atoms in total. The van der Waals surface area contributed by atoms with Gasteiger partial charge in [0, 0.05) is 23.4 Å². The van der Waals surface area contributed by atoms with Gasteiger partial charge in [0.1, 0.15) is 5.76 Å². The van der Waals surface area contributed by atoms with Gasteiger partial charge < -0.3 is 10.2 Å². The molecular formula is C25H17ClN2O7. The molecule has 3 aromatic carbocycles. The average molecular weight is 493 g/mol. The van der Waals surface area contributed by atoms with E-state index < -0.39 is 34.4 Å². The third kappa shape index (κ3) is 4.49. The SMILES string of the molecule is O=C(O)Cc1ccc(N2C(=O)C(=O)/C(=C(/O)c3ccccc3Cl)C2c2ccc([N+](=O)[O-])cc2)cc1. The summed E-state index contributed by atoms with van der Waals surface area (Å²) >= 11 is 6.22. The third-order valence-corrected chi connectivity index (χ3v) is 5.89. The molecule has 1 aliphatic rings. The number of nitro benzene ring substituents is 1. The maximum atomic E-state index is 13.2. The number of halogens is 1. The van der Waals surface area contributed by atoms with Gasteiger partial charge >= 0.3 is 5.97 Å². The largest absolute Gasteiger partial charge is 0.507 e. The minimum atomic E-state index is -1.11. The third-order valence-electron chi connectivity index (χ3n) is 5.56. The second-order valence-electron chi connectivity index (χ2n) is 7.73. The fourth-order valence-corrected chi connectivity index (χ4v) is 4.17. The average Bonchev–Trinajstić information content (AvgIpc) is 3.09. The van der Waals surface area contributed by atoms with Gasteiger partial charge in [-0.15, -0.1) is 0 Å². The zero-order chi connectivity index (χ0) is 25.3. The predicted molar refractivity (Wildman–Crippen MR) is 127 cm³/mol. The van der Waals surface area contributed by atoms with Crippen LogP contribution in [-0.4, -0.2) is 32.8 Å². The van der Waals surface area contributed by atoms with E-state index in [0.29, 0.717) is 11.1 Å². The van der Waals surface area contributed by atoms with Crippen molar-refractivity contribution in [1.29, 1.82) is 0 Å². The molecule has 35 heavy (non-hydrogen) atoms. The highest BCUT2D eigenvalue weighted by Gasteiger charge is 2.47. The van der Waals surface area contributed by atoms with E-state index in [1.54, 1.807) is 12.1 Å². The van der Waals surface area contributed by atoms with E-state index >= 15 is 0 Å². The fraction of sp³-hybridized carbons (Fsp3) is 0.0800. The Morgan fingerprint density at radius 3 is 2.17 bits per heavy atom. The number of amides is 1. The zero-order valence-corrected chi connectivity index (χ0v) is 18.7. The minimum Gasteiger partial charge on any atom is -0.507 e. The van der Waals surface area contributed by atoms with E-state index in [-0.39, 0.29) is 34.0 Å². The molecular weight excluding hydrogens is 476 g/mol. The van der Waals surface area contributed by atoms with Crippen molar-refractivity contribution in [3.8, 4) is 0 Å². The number of anilines is 1. The first-order valence-corrected chi connectivity index (χ1v) is 10.7. The molecule has 1 amide bonds. The Morgan fingerprint density at radius 1 is 0.971 bits per heavy atom. The van der Waals surface area contributed by atoms with Gasteiger partial charge in [0.05, 0.1) is 28.0 Å². The molecule has 0 saturated carbocycles. The van der Waals surface area contributed by atoms with Crippen LogP contribution in [0.25, 0.3) is 5.76 Å². The summed E-state index contributed by atoms with van der Waals surface area (Å²) in [6, 6.07) is 16.5. The number of hydrogen-bond donors (Lipinski definition) is 2. The fourth-order valence-electron chi connectivity index (χ4n) is 3.94. The van der Waals surface area contributed by atoms with Crippen molar-refractivity contribution < 1.29 is 29.5 Å². The van der Waals surface area contributed by atoms with Gasteiger partial charge in [-0.3, -0.25) is 29.4 Å². The Morgan fingerprint density at radius 2 is 1.60 bits per heavy atom. The van der Waals surface area contributed by atoms with Crippen molar-refractivity contribution in [2.24, 2.45) is 0 Å². The van der Waals surface area contributed by atoms with Crippen molar-refractivity contribution in [3.63, 3.8) is 0 Å². The molecule has 10 heteroatoms. The molecule has 176 valence electrons. The number of benzene rings is 3. The lowest BCUT2D eigenvalue weighted by molar-refractivity contribution is -0.384. The van der Waals surface area contributed by atoms with Crippen molar-refractivity contribution in [2.75, 3.05) is 4.90 Å². The molecule has 1 heterocycles. The van der Waals surface area contributed by atoms with Gasteiger partial charge in [-0.2, -0.15) is 0 Å². The smallest absolute Gasteiger partial charge is 0.307 e. The Balaban J connectivity index is 1.90. The van der Waals surface area contributed by atoms with Gasteiger partial charge in [0.15, 0.2) is 0 Å². The Labute approximate surface area is 203 Å². The van der Waals surface area contributed by atoms with E-state index in [4.69, 9.17) is 16.7 Å². The minimum absolute atomic E-state index is 0.149. The normalized spacial score (nSPS) is 16.9. The van der Waals surface area contributed by atoms with E-state index in [1.807, 2.05) is 0 Å². The van der Waals surface area contributed by atoms with Crippen LogP contribution < -0.4 is 4.90 Å². The van der Waals surface area contributed by atoms with Crippen LogP contribution in [0, 0.1) is 10.1 Å². The summed E-state index contributed by atoms with van der Waals surface area (Å²) in [6.07, 6.45) is -0.225. The summed E-state index contributed by atoms with van der Waals surface area (Å²) < 4.78 is 0. The molecule has 0 aliphatic carbocycles. The topological polar surface area (TPSA) is 138 Å². The van der Waals surface area contributed by atoms with Crippen LogP contribution >= 0.6 is 11.6 Å². The standard InChI is InChI=1S/C25H17ClN2O7/c26-19-4-2-1-3-18(19)23(31)21-22(15-7-11-17(12-8-15)28(34)35)27(25(33)24(21)32)16-9-5-14(6-10-16)13-20(29)30/h1-12,22,31H,13H2,(H,29,30)/b23-21+. The first-order chi connectivity index (χ1) is 16.7. The number of carboxylic acid groups (broad SMARTS) is 1. The van der Waals surface area contributed by atoms with E-state index in [9.17, 15) is 29.6 Å². The number of non-ortho nitro benzene ring substituents is 1. The summed E-state index contributed by atoms with van der Waals surface area (Å²) in [4.78, 5) is 49.0. The van der Waals surface area contributed by atoms with Crippen molar-refractivity contribution in [1.82, 2.24) is 0 Å². The Bertz CT molecular complexity index is 1380. The molecule has 0 radical (unpaired) electrons. The number of hydrogen-bond acceptors (Lipinski definition) is 6. The van der Waals surface area contributed by atoms with E-state index in [1.165, 1.54) is 60.7 Å². The van der Waals surface area contributed by atoms with Gasteiger partial charge in [0.2, 0.25) is 0 Å². The van der Waals surface area contributed by atoms with Crippen LogP contribution in [0.1, 0.15) is 22.7 Å². The number of nitrogens with zero attached hydrogens (tertiary/aromatic N) is 2. The maximum Gasteiger partial charge on any atom is 0.307 e. The van der Waals surface area contributed by atoms with Crippen LogP contribution in [0.15, 0.2) is 78.4 Å². The molecule has 2 N–H and O–H groups in total. The molecule has 1 aliphatic heterocycles. The van der Waals surface area contributed by atoms with Crippen LogP contribution in [0.3, 0.4) is 0 Å². The summed E-state index contributed by atoms with van der Waals surface area (Å²) in [5.74, 6) is -3.39. The monoisotopic (exact) mass is 492 g/mol. The zero-order valence-electron chi connectivity index (χ0n) is 17.9. The highest BCUT2D eigenvalue weighted by Crippen LogP contribution is 2.43. The van der Waals surface area contributed by atoms with Gasteiger partial charge in [-0.25, -0.2) is 0 Å². The number of carbonyl (C=O) groups is 3. The highest BCUT2D eigenvalue weighted by atomic mass is 35.5. The number of carbonyl (C=O) groups excluding carboxylic acids is 2. The molecule has 1 atom stereocenters. The summed E-state index contributed by atoms with van der Waals surface area (Å²) in [5.41, 5.74) is 0.846. The highest BCUT2D eigenvalue weighted by molar-refractivity contribution is 6.52. The molecule has 1 fully saturated rings. The lowest BCUT2D eigenvalue weighted by Crippen LogP contribution is -2.29. The second kappa shape index (κ2) is 9.40. The number of nitro groups is 1. The van der Waals surface area contributed by atoms with Crippen molar-refractivity contribution in [3.05, 3.63) is 110 Å². The lowest BCUT2D eigenvalue weighted by Gasteiger charge is -2.25. The molecule has 4 rings (SSSR count). The lowest BCUT2D eigenvalue weighted by atomic mass is 9.95. The molecule has 0 aromatic heterocycles. The van der Waals surface area contributed by atoms with Gasteiger partial charge in [0.25, 0.3) is 17.4 Å². The summed E-state index contributed by atoms with van der Waals surface area (Å²) in [7, 11) is 0. The predicted octanol–water partition coefficient (Wildman–Crippen LogP) is 4.50. The first kappa shape index (κ1) is 23.7. The molecule has 0 spiro atoms. The van der Waals surface area contributed by atoms with E-state index in [0.717, 1.165) is 4.90 Å². The molecule has 3 aromatic rings. The number of aliphatic hydroxyl groups excluding tert-OH is 1. The molecule has 0 bridgehead atoms. The van der Waals surface area contributed by atoms with Crippen LogP contribution in [0.5, 0.6) is 0 Å². The Kier molecular flexibility index (Phi) is 6.35. The number of aliphatic carboxylic acids is 1. The Hall–Kier alpha value is -4.50. The second-order valence-corrected chi connectivity index (χ2v) is 8.14. The number of ketones is 1. The maximum absolute atomic E-state index is 13.2. The van der Waals surface area contributed by atoms with Gasteiger partial charge in [-0.05, 0) is 47.5 Å². The quantitative estimate of drug-likeness (QED) is 0.170. The first-order valence-electron chi connectivity index (χ1n) is 10.3. The molecule has 1 unspecified atom stereocenters. The number of Topliss-reactive ketones (excluding diaryl/α,β-unsaturated/α-hetero) is 1. The number of rotatable bonds is 6. The van der Waals surface area contributed by atoms with Crippen molar-refractivity contribution >= 4 is 46.4 Å². The number of carboxylic acids is 1. The van der Waals surface area contributed by atoms with Crippen LogP contribution in [0.4, 0.5) is 11.4 Å². The number of aliphatic hydroxyl groups is 1. The van der Waals surface area contributed by atoms with E-state index in [2.05, 4.69) is 0 Å². The van der Waals surface area contributed by atoms with Crippen molar-refractivity contribution in [2.45, 2.75) is 12.5 Å². The summed E-state index contributed by atoms with van der Waals surface area (Å²) in [5, 5.41) is 31.4. The molecule has 1 saturated heterocycles. The summed E-state index contributed by atoms with van der Waals surface area (Å²) in [6.45, 7) is 0. The van der Waals surface area contributed by atoms with Crippen LogP contribution in [0.2, 0.25) is 5.02 Å². The van der Waals surface area contributed by atoms with Gasteiger partial charge in [-0.1, -0.05) is 35.9 Å². The van der Waals surface area contributed by atoms with Crippen LogP contribution in [-0.2, 0) is 20.8 Å².